The molecule has 3 heteroatoms. The molecule has 1 nitrogen and oxygen atoms in total. The van der Waals surface area contributed by atoms with Crippen molar-refractivity contribution >= 4 is 29.0 Å². The van der Waals surface area contributed by atoms with Gasteiger partial charge < -0.3 is 0 Å². The maximum atomic E-state index is 12.1. The van der Waals surface area contributed by atoms with E-state index in [0.29, 0.717) is 21.2 Å². The van der Waals surface area contributed by atoms with Crippen molar-refractivity contribution in [1.29, 1.82) is 0 Å². The van der Waals surface area contributed by atoms with Gasteiger partial charge in [-0.2, -0.15) is 0 Å². The monoisotopic (exact) mass is 264 g/mol. The minimum absolute atomic E-state index is 0.0265. The SMILES string of the molecule is Cc1cc(C(=O)c2ccc(Cl)cc2)ccc1Cl. The molecule has 0 fully saturated rings. The molecular formula is C14H10Cl2O. The molecule has 2 aromatic carbocycles. The molecule has 0 saturated heterocycles. The van der Waals surface area contributed by atoms with Gasteiger partial charge in [-0.3, -0.25) is 4.79 Å². The summed E-state index contributed by atoms with van der Waals surface area (Å²) in [6.45, 7) is 1.88. The van der Waals surface area contributed by atoms with Crippen molar-refractivity contribution in [2.75, 3.05) is 0 Å². The first-order valence-electron chi connectivity index (χ1n) is 5.14. The summed E-state index contributed by atoms with van der Waals surface area (Å²) in [5.74, 6) is -0.0265. The van der Waals surface area contributed by atoms with Gasteiger partial charge in [0.05, 0.1) is 0 Å². The summed E-state index contributed by atoms with van der Waals surface area (Å²) in [6, 6.07) is 12.1. The van der Waals surface area contributed by atoms with Crippen molar-refractivity contribution in [3.8, 4) is 0 Å². The second-order valence-corrected chi connectivity index (χ2v) is 4.64. The first-order chi connectivity index (χ1) is 8.08. The van der Waals surface area contributed by atoms with Crippen LogP contribution in [-0.4, -0.2) is 5.78 Å². The van der Waals surface area contributed by atoms with Crippen LogP contribution in [0.3, 0.4) is 0 Å². The van der Waals surface area contributed by atoms with Gasteiger partial charge in [-0.15, -0.1) is 0 Å². The van der Waals surface area contributed by atoms with Crippen LogP contribution in [0.1, 0.15) is 21.5 Å². The lowest BCUT2D eigenvalue weighted by molar-refractivity contribution is 0.103. The molecule has 86 valence electrons. The fraction of sp³-hybridized carbons (Fsp3) is 0.0714. The second kappa shape index (κ2) is 4.91. The molecule has 0 aliphatic carbocycles. The summed E-state index contributed by atoms with van der Waals surface area (Å²) in [7, 11) is 0. The molecule has 0 amide bonds. The minimum Gasteiger partial charge on any atom is -0.289 e. The van der Waals surface area contributed by atoms with E-state index in [9.17, 15) is 4.79 Å². The van der Waals surface area contributed by atoms with Gasteiger partial charge in [0.1, 0.15) is 0 Å². The van der Waals surface area contributed by atoms with Crippen molar-refractivity contribution in [1.82, 2.24) is 0 Å². The van der Waals surface area contributed by atoms with Crippen LogP contribution in [0.5, 0.6) is 0 Å². The molecule has 0 spiro atoms. The van der Waals surface area contributed by atoms with E-state index in [0.717, 1.165) is 5.56 Å². The van der Waals surface area contributed by atoms with Crippen LogP contribution < -0.4 is 0 Å². The number of rotatable bonds is 2. The highest BCUT2D eigenvalue weighted by molar-refractivity contribution is 6.31. The third kappa shape index (κ3) is 2.68. The average Bonchev–Trinajstić information content (AvgIpc) is 2.33. The lowest BCUT2D eigenvalue weighted by Gasteiger charge is -2.04. The van der Waals surface area contributed by atoms with Gasteiger partial charge in [-0.1, -0.05) is 23.2 Å². The van der Waals surface area contributed by atoms with Crippen LogP contribution in [0.25, 0.3) is 0 Å². The fourth-order valence-corrected chi connectivity index (χ4v) is 1.80. The first-order valence-corrected chi connectivity index (χ1v) is 5.90. The maximum Gasteiger partial charge on any atom is 0.193 e. The highest BCUT2D eigenvalue weighted by Crippen LogP contribution is 2.19. The third-order valence-corrected chi connectivity index (χ3v) is 3.20. The molecule has 0 N–H and O–H groups in total. The lowest BCUT2D eigenvalue weighted by Crippen LogP contribution is -2.01. The van der Waals surface area contributed by atoms with Crippen LogP contribution in [0.4, 0.5) is 0 Å². The Kier molecular flexibility index (Phi) is 3.51. The van der Waals surface area contributed by atoms with E-state index in [4.69, 9.17) is 23.2 Å². The summed E-state index contributed by atoms with van der Waals surface area (Å²) < 4.78 is 0. The Morgan fingerprint density at radius 2 is 1.53 bits per heavy atom. The molecule has 2 aromatic rings. The summed E-state index contributed by atoms with van der Waals surface area (Å²) in [4.78, 5) is 12.1. The summed E-state index contributed by atoms with van der Waals surface area (Å²) in [6.07, 6.45) is 0. The molecule has 0 saturated carbocycles. The van der Waals surface area contributed by atoms with E-state index in [2.05, 4.69) is 0 Å². The normalized spacial score (nSPS) is 10.3. The number of carbonyl (C=O) groups is 1. The number of carbonyl (C=O) groups excluding carboxylic acids is 1. The van der Waals surface area contributed by atoms with Crippen LogP contribution in [0.2, 0.25) is 10.0 Å². The zero-order valence-electron chi connectivity index (χ0n) is 9.21. The number of halogens is 2. The highest BCUT2D eigenvalue weighted by Gasteiger charge is 2.09. The largest absolute Gasteiger partial charge is 0.289 e. The number of benzene rings is 2. The average molecular weight is 265 g/mol. The Morgan fingerprint density at radius 3 is 2.12 bits per heavy atom. The molecule has 2 rings (SSSR count). The van der Waals surface area contributed by atoms with Crippen LogP contribution in [0, 0.1) is 6.92 Å². The Hall–Kier alpha value is -1.31. The van der Waals surface area contributed by atoms with Crippen molar-refractivity contribution in [3.05, 3.63) is 69.2 Å². The molecule has 0 aromatic heterocycles. The van der Waals surface area contributed by atoms with E-state index in [1.54, 1.807) is 42.5 Å². The molecular weight excluding hydrogens is 255 g/mol. The third-order valence-electron chi connectivity index (χ3n) is 2.53. The van der Waals surface area contributed by atoms with Crippen molar-refractivity contribution in [2.45, 2.75) is 6.92 Å². The van der Waals surface area contributed by atoms with Crippen molar-refractivity contribution < 1.29 is 4.79 Å². The Labute approximate surface area is 110 Å². The summed E-state index contributed by atoms with van der Waals surface area (Å²) in [5, 5.41) is 1.28. The fourth-order valence-electron chi connectivity index (χ4n) is 1.55. The molecule has 0 atom stereocenters. The number of hydrogen-bond acceptors (Lipinski definition) is 1. The van der Waals surface area contributed by atoms with Crippen molar-refractivity contribution in [2.24, 2.45) is 0 Å². The molecule has 0 heterocycles. The van der Waals surface area contributed by atoms with Crippen molar-refractivity contribution in [3.63, 3.8) is 0 Å². The predicted octanol–water partition coefficient (Wildman–Crippen LogP) is 4.53. The minimum atomic E-state index is -0.0265. The molecule has 0 radical (unpaired) electrons. The molecule has 0 bridgehead atoms. The topological polar surface area (TPSA) is 17.1 Å². The number of aryl methyl sites for hydroxylation is 1. The molecule has 0 aliphatic heterocycles. The summed E-state index contributed by atoms with van der Waals surface area (Å²) >= 11 is 11.7. The lowest BCUT2D eigenvalue weighted by atomic mass is 10.0. The Bertz CT molecular complexity index is 559. The number of ketones is 1. The predicted molar refractivity (Wildman–Crippen MR) is 71.1 cm³/mol. The van der Waals surface area contributed by atoms with Gasteiger partial charge in [0.2, 0.25) is 0 Å². The van der Waals surface area contributed by atoms with E-state index < -0.39 is 0 Å². The molecule has 0 aliphatic rings. The second-order valence-electron chi connectivity index (χ2n) is 3.80. The van der Waals surface area contributed by atoms with E-state index >= 15 is 0 Å². The van der Waals surface area contributed by atoms with Gasteiger partial charge in [-0.25, -0.2) is 0 Å². The zero-order valence-corrected chi connectivity index (χ0v) is 10.7. The van der Waals surface area contributed by atoms with Gasteiger partial charge >= 0.3 is 0 Å². The number of hydrogen-bond donors (Lipinski definition) is 0. The molecule has 0 unspecified atom stereocenters. The van der Waals surface area contributed by atoms with Gasteiger partial charge in [0.25, 0.3) is 0 Å². The van der Waals surface area contributed by atoms with E-state index in [1.165, 1.54) is 0 Å². The Morgan fingerprint density at radius 1 is 0.941 bits per heavy atom. The van der Waals surface area contributed by atoms with Gasteiger partial charge in [0, 0.05) is 21.2 Å². The maximum absolute atomic E-state index is 12.1. The van der Waals surface area contributed by atoms with Gasteiger partial charge in [-0.05, 0) is 55.0 Å². The quantitative estimate of drug-likeness (QED) is 0.729. The summed E-state index contributed by atoms with van der Waals surface area (Å²) in [5.41, 5.74) is 2.15. The van der Waals surface area contributed by atoms with E-state index in [1.807, 2.05) is 6.92 Å². The zero-order chi connectivity index (χ0) is 12.4. The molecule has 17 heavy (non-hydrogen) atoms. The smallest absolute Gasteiger partial charge is 0.193 e. The van der Waals surface area contributed by atoms with Crippen LogP contribution in [0.15, 0.2) is 42.5 Å². The van der Waals surface area contributed by atoms with Gasteiger partial charge in [0.15, 0.2) is 5.78 Å². The van der Waals surface area contributed by atoms with Crippen LogP contribution >= 0.6 is 23.2 Å². The highest BCUT2D eigenvalue weighted by atomic mass is 35.5. The standard InChI is InChI=1S/C14H10Cl2O/c1-9-8-11(4-7-13(9)16)14(17)10-2-5-12(15)6-3-10/h2-8H,1H3. The Balaban J connectivity index is 2.37. The van der Waals surface area contributed by atoms with E-state index in [-0.39, 0.29) is 5.78 Å². The first kappa shape index (κ1) is 12.2. The van der Waals surface area contributed by atoms with Crippen LogP contribution in [-0.2, 0) is 0 Å².